The predicted molar refractivity (Wildman–Crippen MR) is 70.1 cm³/mol. The smallest absolute Gasteiger partial charge is 0.170 e. The van der Waals surface area contributed by atoms with Gasteiger partial charge in [0.1, 0.15) is 0 Å². The van der Waals surface area contributed by atoms with Crippen LogP contribution in [0.25, 0.3) is 21.7 Å². The first-order valence-electron chi connectivity index (χ1n) is 5.58. The molecule has 18 heavy (non-hydrogen) atoms. The van der Waals surface area contributed by atoms with Crippen LogP contribution in [0.4, 0.5) is 0 Å². The van der Waals surface area contributed by atoms with Crippen LogP contribution in [0.1, 0.15) is 0 Å². The Morgan fingerprint density at radius 1 is 1.00 bits per heavy atom. The molecule has 0 unspecified atom stereocenters. The second-order valence-electron chi connectivity index (χ2n) is 3.92. The summed E-state index contributed by atoms with van der Waals surface area (Å²) in [6.07, 6.45) is 5.37. The van der Waals surface area contributed by atoms with Gasteiger partial charge < -0.3 is 9.47 Å². The molecule has 0 radical (unpaired) electrons. The molecule has 0 aliphatic rings. The molecule has 0 atom stereocenters. The van der Waals surface area contributed by atoms with E-state index in [2.05, 4.69) is 9.97 Å². The van der Waals surface area contributed by atoms with E-state index in [1.54, 1.807) is 26.6 Å². The molecule has 0 bridgehead atoms. The lowest BCUT2D eigenvalue weighted by Gasteiger charge is -2.11. The van der Waals surface area contributed by atoms with E-state index in [1.807, 2.05) is 24.4 Å². The number of pyridine rings is 2. The van der Waals surface area contributed by atoms with E-state index < -0.39 is 0 Å². The number of hydrogen-bond acceptors (Lipinski definition) is 4. The van der Waals surface area contributed by atoms with Crippen LogP contribution < -0.4 is 9.47 Å². The number of aromatic nitrogens is 2. The summed E-state index contributed by atoms with van der Waals surface area (Å²) in [6, 6.07) is 5.75. The molecule has 2 heterocycles. The van der Waals surface area contributed by atoms with Gasteiger partial charge in [0.15, 0.2) is 11.5 Å². The first-order valence-corrected chi connectivity index (χ1v) is 5.58. The molecular formula is C14H12N2O2. The molecule has 2 aromatic heterocycles. The standard InChI is InChI=1S/C14H12N2O2/c1-17-12-4-3-11-13(14(12)18-2)10-5-6-15-7-9(10)8-16-11/h3-8H,1-2H3. The normalized spacial score (nSPS) is 10.8. The molecule has 0 N–H and O–H groups in total. The van der Waals surface area contributed by atoms with Crippen LogP contribution in [0.2, 0.25) is 0 Å². The molecule has 1 aromatic carbocycles. The van der Waals surface area contributed by atoms with E-state index in [-0.39, 0.29) is 0 Å². The SMILES string of the molecule is COc1ccc2ncc3cnccc3c2c1OC. The molecule has 4 nitrogen and oxygen atoms in total. The zero-order chi connectivity index (χ0) is 12.5. The summed E-state index contributed by atoms with van der Waals surface area (Å²) >= 11 is 0. The summed E-state index contributed by atoms with van der Waals surface area (Å²) in [7, 11) is 3.26. The van der Waals surface area contributed by atoms with Gasteiger partial charge in [0.25, 0.3) is 0 Å². The molecular weight excluding hydrogens is 228 g/mol. The number of benzene rings is 1. The summed E-state index contributed by atoms with van der Waals surface area (Å²) in [6.45, 7) is 0. The predicted octanol–water partition coefficient (Wildman–Crippen LogP) is 2.80. The molecule has 0 aliphatic heterocycles. The van der Waals surface area contributed by atoms with Crippen molar-refractivity contribution in [3.8, 4) is 11.5 Å². The fourth-order valence-corrected chi connectivity index (χ4v) is 2.16. The number of rotatable bonds is 2. The maximum absolute atomic E-state index is 5.47. The van der Waals surface area contributed by atoms with Crippen LogP contribution in [0.15, 0.2) is 36.8 Å². The van der Waals surface area contributed by atoms with Gasteiger partial charge in [-0.3, -0.25) is 9.97 Å². The van der Waals surface area contributed by atoms with Gasteiger partial charge in [-0.2, -0.15) is 0 Å². The molecule has 4 heteroatoms. The van der Waals surface area contributed by atoms with Gasteiger partial charge >= 0.3 is 0 Å². The van der Waals surface area contributed by atoms with Crippen LogP contribution >= 0.6 is 0 Å². The first kappa shape index (κ1) is 10.8. The molecule has 3 rings (SSSR count). The highest BCUT2D eigenvalue weighted by molar-refractivity contribution is 6.09. The highest BCUT2D eigenvalue weighted by Gasteiger charge is 2.12. The molecule has 3 aromatic rings. The van der Waals surface area contributed by atoms with Crippen molar-refractivity contribution >= 4 is 21.7 Å². The van der Waals surface area contributed by atoms with Gasteiger partial charge in [-0.1, -0.05) is 0 Å². The Kier molecular flexibility index (Phi) is 2.48. The Morgan fingerprint density at radius 2 is 1.89 bits per heavy atom. The van der Waals surface area contributed by atoms with Crippen molar-refractivity contribution in [3.05, 3.63) is 36.8 Å². The monoisotopic (exact) mass is 240 g/mol. The molecule has 0 aliphatic carbocycles. The molecule has 0 spiro atoms. The van der Waals surface area contributed by atoms with Crippen molar-refractivity contribution in [2.75, 3.05) is 14.2 Å². The average Bonchev–Trinajstić information content (AvgIpc) is 2.45. The molecule has 90 valence electrons. The van der Waals surface area contributed by atoms with Gasteiger partial charge in [-0.25, -0.2) is 0 Å². The first-order chi connectivity index (χ1) is 8.85. The maximum atomic E-state index is 5.47. The minimum Gasteiger partial charge on any atom is -0.493 e. The van der Waals surface area contributed by atoms with Gasteiger partial charge in [0.2, 0.25) is 0 Å². The third-order valence-corrected chi connectivity index (χ3v) is 2.99. The lowest BCUT2D eigenvalue weighted by Crippen LogP contribution is -1.93. The van der Waals surface area contributed by atoms with E-state index >= 15 is 0 Å². The largest absolute Gasteiger partial charge is 0.493 e. The Morgan fingerprint density at radius 3 is 2.67 bits per heavy atom. The topological polar surface area (TPSA) is 44.2 Å². The number of hydrogen-bond donors (Lipinski definition) is 0. The fraction of sp³-hybridized carbons (Fsp3) is 0.143. The van der Waals surface area contributed by atoms with Gasteiger partial charge in [0, 0.05) is 24.0 Å². The summed E-state index contributed by atoms with van der Waals surface area (Å²) < 4.78 is 10.8. The van der Waals surface area contributed by atoms with Crippen LogP contribution in [-0.2, 0) is 0 Å². The summed E-state index contributed by atoms with van der Waals surface area (Å²) in [5.74, 6) is 1.41. The Labute approximate surface area is 104 Å². The van der Waals surface area contributed by atoms with E-state index in [1.165, 1.54) is 0 Å². The zero-order valence-electron chi connectivity index (χ0n) is 10.2. The minimum absolute atomic E-state index is 0.705. The highest BCUT2D eigenvalue weighted by Crippen LogP contribution is 2.38. The molecule has 0 amide bonds. The average molecular weight is 240 g/mol. The van der Waals surface area contributed by atoms with Crippen molar-refractivity contribution in [2.45, 2.75) is 0 Å². The number of methoxy groups -OCH3 is 2. The summed E-state index contributed by atoms with van der Waals surface area (Å²) in [4.78, 5) is 8.52. The lowest BCUT2D eigenvalue weighted by atomic mass is 10.1. The van der Waals surface area contributed by atoms with E-state index in [0.29, 0.717) is 11.5 Å². The van der Waals surface area contributed by atoms with E-state index in [0.717, 1.165) is 21.7 Å². The molecule has 0 saturated heterocycles. The minimum atomic E-state index is 0.705. The molecule has 0 saturated carbocycles. The van der Waals surface area contributed by atoms with Crippen LogP contribution in [0.5, 0.6) is 11.5 Å². The second kappa shape index (κ2) is 4.14. The van der Waals surface area contributed by atoms with E-state index in [9.17, 15) is 0 Å². The zero-order valence-corrected chi connectivity index (χ0v) is 10.2. The van der Waals surface area contributed by atoms with Crippen molar-refractivity contribution < 1.29 is 9.47 Å². The van der Waals surface area contributed by atoms with Gasteiger partial charge in [-0.15, -0.1) is 0 Å². The van der Waals surface area contributed by atoms with Crippen LogP contribution in [0, 0.1) is 0 Å². The fourth-order valence-electron chi connectivity index (χ4n) is 2.16. The molecule has 0 fully saturated rings. The number of nitrogens with zero attached hydrogens (tertiary/aromatic N) is 2. The summed E-state index contributed by atoms with van der Waals surface area (Å²) in [5, 5.41) is 3.00. The second-order valence-corrected chi connectivity index (χ2v) is 3.92. The van der Waals surface area contributed by atoms with E-state index in [4.69, 9.17) is 9.47 Å². The highest BCUT2D eigenvalue weighted by atomic mass is 16.5. The Balaban J connectivity index is 2.53. The third-order valence-electron chi connectivity index (χ3n) is 2.99. The number of ether oxygens (including phenoxy) is 2. The third kappa shape index (κ3) is 1.46. The van der Waals surface area contributed by atoms with Crippen molar-refractivity contribution in [1.82, 2.24) is 9.97 Å². The van der Waals surface area contributed by atoms with Crippen molar-refractivity contribution in [1.29, 1.82) is 0 Å². The summed E-state index contributed by atoms with van der Waals surface area (Å²) in [5.41, 5.74) is 0.881. The van der Waals surface area contributed by atoms with Gasteiger partial charge in [0.05, 0.1) is 25.1 Å². The van der Waals surface area contributed by atoms with Crippen molar-refractivity contribution in [2.24, 2.45) is 0 Å². The Hall–Kier alpha value is -2.36. The lowest BCUT2D eigenvalue weighted by molar-refractivity contribution is 0.358. The quantitative estimate of drug-likeness (QED) is 0.646. The van der Waals surface area contributed by atoms with Crippen LogP contribution in [0.3, 0.4) is 0 Å². The van der Waals surface area contributed by atoms with Crippen LogP contribution in [-0.4, -0.2) is 24.2 Å². The Bertz CT molecular complexity index is 725. The van der Waals surface area contributed by atoms with Gasteiger partial charge in [-0.05, 0) is 23.6 Å². The van der Waals surface area contributed by atoms with Crippen molar-refractivity contribution in [3.63, 3.8) is 0 Å². The number of fused-ring (bicyclic) bond motifs is 3. The maximum Gasteiger partial charge on any atom is 0.170 e.